The summed E-state index contributed by atoms with van der Waals surface area (Å²) in [6.45, 7) is 7.78. The molecule has 0 aliphatic rings. The molecule has 8 nitrogen and oxygen atoms in total. The molecule has 0 aromatic heterocycles. The van der Waals surface area contributed by atoms with E-state index in [1.165, 1.54) is 28.8 Å². The van der Waals surface area contributed by atoms with Crippen LogP contribution >= 0.6 is 35.0 Å². The van der Waals surface area contributed by atoms with Gasteiger partial charge in [0.2, 0.25) is 11.8 Å². The summed E-state index contributed by atoms with van der Waals surface area (Å²) in [4.78, 5) is 30.0. The number of ether oxygens (including phenoxy) is 1. The van der Waals surface area contributed by atoms with Gasteiger partial charge in [0.25, 0.3) is 10.0 Å². The third kappa shape index (κ3) is 9.06. The predicted molar refractivity (Wildman–Crippen MR) is 179 cm³/mol. The molecule has 0 aliphatic carbocycles. The van der Waals surface area contributed by atoms with Gasteiger partial charge in [-0.1, -0.05) is 50.0 Å². The van der Waals surface area contributed by atoms with Crippen LogP contribution in [-0.4, -0.2) is 57.1 Å². The molecule has 1 unspecified atom stereocenters. The van der Waals surface area contributed by atoms with Crippen LogP contribution in [0.15, 0.2) is 76.5 Å². The Hall–Kier alpha value is -2.92. The monoisotopic (exact) mass is 679 g/mol. The van der Waals surface area contributed by atoms with Gasteiger partial charge in [0.1, 0.15) is 18.3 Å². The highest BCUT2D eigenvalue weighted by molar-refractivity contribution is 7.98. The zero-order valence-electron chi connectivity index (χ0n) is 25.5. The minimum absolute atomic E-state index is 0.0272. The molecular weight excluding hydrogens is 641 g/mol. The zero-order valence-corrected chi connectivity index (χ0v) is 28.7. The van der Waals surface area contributed by atoms with Crippen molar-refractivity contribution in [1.82, 2.24) is 10.2 Å². The van der Waals surface area contributed by atoms with Crippen LogP contribution < -0.4 is 14.4 Å². The Morgan fingerprint density at radius 3 is 2.09 bits per heavy atom. The van der Waals surface area contributed by atoms with Gasteiger partial charge >= 0.3 is 0 Å². The number of hydrogen-bond donors (Lipinski definition) is 1. The van der Waals surface area contributed by atoms with E-state index in [0.29, 0.717) is 34.5 Å². The Morgan fingerprint density at radius 2 is 1.57 bits per heavy atom. The molecule has 238 valence electrons. The standard InChI is InChI=1S/C32H39Cl2N3O5S2/c1-6-30(32(39)35-19-22(3)4)36(20-27-28(33)9-8-10-29(27)34)31(38)21-37(23-11-13-24(14-12-23)42-7-2)44(40,41)26-17-15-25(43-5)16-18-26/h8-18,22,30H,6-7,19-21H2,1-5H3,(H,35,39). The van der Waals surface area contributed by atoms with Crippen LogP contribution in [0.3, 0.4) is 0 Å². The Bertz CT molecular complexity index is 1500. The Kier molecular flexibility index (Phi) is 13.3. The minimum atomic E-state index is -4.21. The lowest BCUT2D eigenvalue weighted by molar-refractivity contribution is -0.140. The smallest absolute Gasteiger partial charge is 0.264 e. The summed E-state index contributed by atoms with van der Waals surface area (Å²) in [5, 5.41) is 3.57. The first-order valence-electron chi connectivity index (χ1n) is 14.3. The molecule has 0 heterocycles. The molecule has 0 fully saturated rings. The number of thioether (sulfide) groups is 1. The van der Waals surface area contributed by atoms with Crippen molar-refractivity contribution in [3.8, 4) is 5.75 Å². The van der Waals surface area contributed by atoms with Crippen molar-refractivity contribution in [3.05, 3.63) is 82.3 Å². The quantitative estimate of drug-likeness (QED) is 0.176. The third-order valence-corrected chi connectivity index (χ3v) is 10.1. The fourth-order valence-electron chi connectivity index (χ4n) is 4.47. The maximum absolute atomic E-state index is 14.3. The van der Waals surface area contributed by atoms with Gasteiger partial charge in [-0.05, 0) is 86.2 Å². The number of nitrogens with zero attached hydrogens (tertiary/aromatic N) is 2. The number of rotatable bonds is 15. The third-order valence-electron chi connectivity index (χ3n) is 6.82. The van der Waals surface area contributed by atoms with E-state index in [0.717, 1.165) is 9.20 Å². The molecule has 3 aromatic carbocycles. The molecule has 0 radical (unpaired) electrons. The van der Waals surface area contributed by atoms with E-state index in [1.807, 2.05) is 27.0 Å². The van der Waals surface area contributed by atoms with Gasteiger partial charge in [-0.25, -0.2) is 8.42 Å². The van der Waals surface area contributed by atoms with E-state index in [9.17, 15) is 18.0 Å². The van der Waals surface area contributed by atoms with Gasteiger partial charge in [0, 0.05) is 33.6 Å². The van der Waals surface area contributed by atoms with Crippen LogP contribution in [0.2, 0.25) is 10.0 Å². The molecule has 0 bridgehead atoms. The van der Waals surface area contributed by atoms with Crippen molar-refractivity contribution < 1.29 is 22.7 Å². The SMILES string of the molecule is CCOc1ccc(N(CC(=O)N(Cc2c(Cl)cccc2Cl)C(CC)C(=O)NCC(C)C)S(=O)(=O)c2ccc(SC)cc2)cc1. The molecule has 2 amide bonds. The number of halogens is 2. The first-order chi connectivity index (χ1) is 20.9. The molecule has 3 rings (SSSR count). The summed E-state index contributed by atoms with van der Waals surface area (Å²) >= 11 is 14.5. The van der Waals surface area contributed by atoms with E-state index in [4.69, 9.17) is 27.9 Å². The van der Waals surface area contributed by atoms with Crippen molar-refractivity contribution in [2.45, 2.75) is 56.5 Å². The second-order valence-electron chi connectivity index (χ2n) is 10.4. The van der Waals surface area contributed by atoms with Crippen LogP contribution in [-0.2, 0) is 26.2 Å². The van der Waals surface area contributed by atoms with E-state index in [-0.39, 0.29) is 35.4 Å². The fraction of sp³-hybridized carbons (Fsp3) is 0.375. The van der Waals surface area contributed by atoms with Crippen molar-refractivity contribution in [2.75, 3.05) is 30.3 Å². The number of nitrogens with one attached hydrogen (secondary N) is 1. The molecule has 1 atom stereocenters. The van der Waals surface area contributed by atoms with E-state index in [2.05, 4.69) is 5.32 Å². The van der Waals surface area contributed by atoms with Crippen molar-refractivity contribution in [3.63, 3.8) is 0 Å². The maximum Gasteiger partial charge on any atom is 0.264 e. The van der Waals surface area contributed by atoms with E-state index < -0.39 is 28.5 Å². The van der Waals surface area contributed by atoms with Crippen molar-refractivity contribution in [1.29, 1.82) is 0 Å². The summed E-state index contributed by atoms with van der Waals surface area (Å²) in [6.07, 6.45) is 2.18. The zero-order chi connectivity index (χ0) is 32.4. The Morgan fingerprint density at radius 1 is 0.955 bits per heavy atom. The van der Waals surface area contributed by atoms with Crippen LogP contribution in [0.25, 0.3) is 0 Å². The average molecular weight is 681 g/mol. The highest BCUT2D eigenvalue weighted by atomic mass is 35.5. The number of carbonyl (C=O) groups is 2. The lowest BCUT2D eigenvalue weighted by Gasteiger charge is -2.33. The number of anilines is 1. The highest BCUT2D eigenvalue weighted by Crippen LogP contribution is 2.30. The van der Waals surface area contributed by atoms with Gasteiger partial charge < -0.3 is 15.0 Å². The first kappa shape index (κ1) is 35.6. The van der Waals surface area contributed by atoms with Crippen LogP contribution in [0.5, 0.6) is 5.75 Å². The molecule has 1 N–H and O–H groups in total. The van der Waals surface area contributed by atoms with Crippen LogP contribution in [0, 0.1) is 5.92 Å². The minimum Gasteiger partial charge on any atom is -0.494 e. The number of sulfonamides is 1. The highest BCUT2D eigenvalue weighted by Gasteiger charge is 2.34. The summed E-state index contributed by atoms with van der Waals surface area (Å²) < 4.78 is 34.8. The molecule has 12 heteroatoms. The van der Waals surface area contributed by atoms with Gasteiger partial charge in [-0.15, -0.1) is 11.8 Å². The van der Waals surface area contributed by atoms with E-state index in [1.54, 1.807) is 61.5 Å². The van der Waals surface area contributed by atoms with E-state index >= 15 is 0 Å². The summed E-state index contributed by atoms with van der Waals surface area (Å²) in [5.74, 6) is -0.185. The van der Waals surface area contributed by atoms with Gasteiger partial charge in [-0.2, -0.15) is 0 Å². The average Bonchev–Trinajstić information content (AvgIpc) is 3.00. The molecular formula is C32H39Cl2N3O5S2. The lowest BCUT2D eigenvalue weighted by Crippen LogP contribution is -2.52. The summed E-state index contributed by atoms with van der Waals surface area (Å²) in [7, 11) is -4.21. The largest absolute Gasteiger partial charge is 0.494 e. The Balaban J connectivity index is 2.09. The second kappa shape index (κ2) is 16.4. The topological polar surface area (TPSA) is 96.0 Å². The number of amides is 2. The molecule has 0 aliphatic heterocycles. The normalized spacial score (nSPS) is 12.1. The number of benzene rings is 3. The van der Waals surface area contributed by atoms with Gasteiger partial charge in [-0.3, -0.25) is 13.9 Å². The second-order valence-corrected chi connectivity index (χ2v) is 14.0. The maximum atomic E-state index is 14.3. The molecule has 44 heavy (non-hydrogen) atoms. The van der Waals surface area contributed by atoms with Crippen molar-refractivity contribution >= 4 is 62.5 Å². The Labute approximate surface area is 275 Å². The molecule has 0 saturated carbocycles. The van der Waals surface area contributed by atoms with Gasteiger partial charge in [0.05, 0.1) is 17.2 Å². The van der Waals surface area contributed by atoms with Gasteiger partial charge in [0.15, 0.2) is 0 Å². The number of hydrogen-bond acceptors (Lipinski definition) is 6. The predicted octanol–water partition coefficient (Wildman–Crippen LogP) is 6.89. The van der Waals surface area contributed by atoms with Crippen LogP contribution in [0.1, 0.15) is 39.7 Å². The first-order valence-corrected chi connectivity index (χ1v) is 17.7. The molecule has 0 spiro atoms. The molecule has 3 aromatic rings. The van der Waals surface area contributed by atoms with Crippen LogP contribution in [0.4, 0.5) is 5.69 Å². The summed E-state index contributed by atoms with van der Waals surface area (Å²) in [6, 6.07) is 17.0. The lowest BCUT2D eigenvalue weighted by atomic mass is 10.1. The van der Waals surface area contributed by atoms with Crippen molar-refractivity contribution in [2.24, 2.45) is 5.92 Å². The fourth-order valence-corrected chi connectivity index (χ4v) is 6.81. The summed E-state index contributed by atoms with van der Waals surface area (Å²) in [5.41, 5.74) is 0.728. The molecule has 0 saturated heterocycles. The number of carbonyl (C=O) groups excluding carboxylic acids is 2.